The molecule has 3 rings (SSSR count). The number of benzene rings is 1. The Bertz CT molecular complexity index is 927. The Kier molecular flexibility index (Phi) is 6.24. The number of amides is 1. The molecule has 0 fully saturated rings. The molecular weight excluding hydrogens is 348 g/mol. The van der Waals surface area contributed by atoms with Crippen LogP contribution in [-0.2, 0) is 17.6 Å². The Morgan fingerprint density at radius 1 is 1.11 bits per heavy atom. The molecule has 0 aliphatic carbocycles. The van der Waals surface area contributed by atoms with Gasteiger partial charge in [-0.3, -0.25) is 4.79 Å². The molecule has 5 nitrogen and oxygen atoms in total. The number of carbonyl (C=O) groups is 1. The van der Waals surface area contributed by atoms with Gasteiger partial charge in [0.05, 0.1) is 12.1 Å². The van der Waals surface area contributed by atoms with Gasteiger partial charge in [0.1, 0.15) is 0 Å². The van der Waals surface area contributed by atoms with Crippen molar-refractivity contribution in [2.45, 2.75) is 46.5 Å². The summed E-state index contributed by atoms with van der Waals surface area (Å²) in [5.74, 6) is 1.36. The second-order valence-electron chi connectivity index (χ2n) is 7.42. The number of carbonyl (C=O) groups excluding carboxylic acids is 1. The number of rotatable bonds is 7. The Labute approximate surface area is 166 Å². The van der Waals surface area contributed by atoms with E-state index in [-0.39, 0.29) is 5.91 Å². The number of nitrogens with one attached hydrogen (secondary N) is 1. The highest BCUT2D eigenvalue weighted by Crippen LogP contribution is 2.17. The summed E-state index contributed by atoms with van der Waals surface area (Å²) in [7, 11) is 0. The molecule has 0 unspecified atom stereocenters. The van der Waals surface area contributed by atoms with E-state index in [0.717, 1.165) is 34.8 Å². The molecule has 0 saturated heterocycles. The summed E-state index contributed by atoms with van der Waals surface area (Å²) in [5.41, 5.74) is 5.53. The van der Waals surface area contributed by atoms with Gasteiger partial charge in [-0.1, -0.05) is 44.2 Å². The molecule has 0 atom stereocenters. The van der Waals surface area contributed by atoms with Crippen LogP contribution >= 0.6 is 0 Å². The van der Waals surface area contributed by atoms with Crippen molar-refractivity contribution in [2.24, 2.45) is 0 Å². The highest BCUT2D eigenvalue weighted by molar-refractivity contribution is 5.78. The Morgan fingerprint density at radius 2 is 1.86 bits per heavy atom. The topological polar surface area (TPSA) is 59.8 Å². The summed E-state index contributed by atoms with van der Waals surface area (Å²) >= 11 is 0. The molecule has 0 spiro atoms. The fourth-order valence-electron chi connectivity index (χ4n) is 3.33. The maximum atomic E-state index is 12.3. The van der Waals surface area contributed by atoms with Crippen LogP contribution in [0.5, 0.6) is 0 Å². The van der Waals surface area contributed by atoms with E-state index in [1.165, 1.54) is 5.56 Å². The minimum absolute atomic E-state index is 0.0460. The van der Waals surface area contributed by atoms with Crippen LogP contribution in [0.25, 0.3) is 5.82 Å². The average molecular weight is 377 g/mol. The lowest BCUT2D eigenvalue weighted by Gasteiger charge is -2.08. The number of pyridine rings is 1. The van der Waals surface area contributed by atoms with Gasteiger partial charge in [0.2, 0.25) is 5.91 Å². The zero-order valence-electron chi connectivity index (χ0n) is 17.1. The molecule has 2 heterocycles. The molecule has 146 valence electrons. The van der Waals surface area contributed by atoms with E-state index in [0.29, 0.717) is 18.9 Å². The normalized spacial score (nSPS) is 11.0. The van der Waals surface area contributed by atoms with Crippen molar-refractivity contribution in [1.82, 2.24) is 20.1 Å². The van der Waals surface area contributed by atoms with Gasteiger partial charge in [-0.25, -0.2) is 9.67 Å². The third-order valence-corrected chi connectivity index (χ3v) is 5.02. The number of hydrogen-bond donors (Lipinski definition) is 1. The van der Waals surface area contributed by atoms with Gasteiger partial charge in [0.15, 0.2) is 5.82 Å². The molecule has 0 saturated carbocycles. The quantitative estimate of drug-likeness (QED) is 0.680. The number of nitrogens with zero attached hydrogens (tertiary/aromatic N) is 3. The fourth-order valence-corrected chi connectivity index (χ4v) is 3.33. The molecular formula is C23H28N4O. The molecule has 1 amide bonds. The van der Waals surface area contributed by atoms with Gasteiger partial charge < -0.3 is 5.32 Å². The number of aryl methyl sites for hydroxylation is 1. The monoisotopic (exact) mass is 376 g/mol. The second kappa shape index (κ2) is 8.83. The van der Waals surface area contributed by atoms with Crippen molar-refractivity contribution >= 4 is 5.91 Å². The number of hydrogen-bond acceptors (Lipinski definition) is 3. The summed E-state index contributed by atoms with van der Waals surface area (Å²) in [6.07, 6.45) is 2.92. The van der Waals surface area contributed by atoms with Crippen LogP contribution in [0.2, 0.25) is 0 Å². The first-order valence-corrected chi connectivity index (χ1v) is 9.77. The third kappa shape index (κ3) is 4.66. The summed E-state index contributed by atoms with van der Waals surface area (Å²) in [6, 6.07) is 14.1. The Hall–Kier alpha value is -2.95. The van der Waals surface area contributed by atoms with Crippen molar-refractivity contribution in [3.8, 4) is 5.82 Å². The smallest absolute Gasteiger partial charge is 0.224 e. The van der Waals surface area contributed by atoms with Gasteiger partial charge in [-0.15, -0.1) is 0 Å². The van der Waals surface area contributed by atoms with Gasteiger partial charge in [0, 0.05) is 18.4 Å². The van der Waals surface area contributed by atoms with Crippen molar-refractivity contribution in [3.63, 3.8) is 0 Å². The standard InChI is InChI=1S/C23H28N4O/c1-16(2)20-10-8-19(9-11-20)15-23(28)25-14-12-21-17(3)26-27(18(21)4)22-7-5-6-13-24-22/h5-11,13,16H,12,14-15H2,1-4H3,(H,25,28). The lowest BCUT2D eigenvalue weighted by Crippen LogP contribution is -2.27. The summed E-state index contributed by atoms with van der Waals surface area (Å²) < 4.78 is 1.86. The minimum Gasteiger partial charge on any atom is -0.355 e. The second-order valence-corrected chi connectivity index (χ2v) is 7.42. The zero-order valence-corrected chi connectivity index (χ0v) is 17.1. The van der Waals surface area contributed by atoms with E-state index in [4.69, 9.17) is 0 Å². The number of aromatic nitrogens is 3. The van der Waals surface area contributed by atoms with E-state index in [1.54, 1.807) is 6.20 Å². The van der Waals surface area contributed by atoms with Crippen LogP contribution in [0.1, 0.15) is 47.8 Å². The molecule has 0 radical (unpaired) electrons. The van der Waals surface area contributed by atoms with Gasteiger partial charge in [0.25, 0.3) is 0 Å². The highest BCUT2D eigenvalue weighted by Gasteiger charge is 2.13. The van der Waals surface area contributed by atoms with Crippen molar-refractivity contribution in [1.29, 1.82) is 0 Å². The Balaban J connectivity index is 1.56. The van der Waals surface area contributed by atoms with Crippen molar-refractivity contribution in [3.05, 3.63) is 76.7 Å². The van der Waals surface area contributed by atoms with Crippen molar-refractivity contribution in [2.75, 3.05) is 6.54 Å². The van der Waals surface area contributed by atoms with E-state index in [2.05, 4.69) is 41.4 Å². The van der Waals surface area contributed by atoms with Crippen LogP contribution in [0, 0.1) is 13.8 Å². The van der Waals surface area contributed by atoms with Crippen LogP contribution < -0.4 is 5.32 Å². The Morgan fingerprint density at radius 3 is 2.50 bits per heavy atom. The predicted molar refractivity (Wildman–Crippen MR) is 112 cm³/mol. The molecule has 3 aromatic rings. The molecule has 1 N–H and O–H groups in total. The first-order valence-electron chi connectivity index (χ1n) is 9.77. The summed E-state index contributed by atoms with van der Waals surface area (Å²) in [5, 5.41) is 7.64. The molecule has 0 aliphatic heterocycles. The zero-order chi connectivity index (χ0) is 20.1. The molecule has 1 aromatic carbocycles. The van der Waals surface area contributed by atoms with Crippen LogP contribution in [0.4, 0.5) is 0 Å². The van der Waals surface area contributed by atoms with Gasteiger partial charge in [-0.2, -0.15) is 5.10 Å². The van der Waals surface area contributed by atoms with Crippen molar-refractivity contribution < 1.29 is 4.79 Å². The van der Waals surface area contributed by atoms with E-state index in [1.807, 2.05) is 48.9 Å². The SMILES string of the molecule is Cc1nn(-c2ccccn2)c(C)c1CCNC(=O)Cc1ccc(C(C)C)cc1. The molecule has 28 heavy (non-hydrogen) atoms. The van der Waals surface area contributed by atoms with Crippen LogP contribution in [-0.4, -0.2) is 27.2 Å². The molecule has 0 aliphatic rings. The summed E-state index contributed by atoms with van der Waals surface area (Å²) in [6.45, 7) is 8.98. The van der Waals surface area contributed by atoms with E-state index < -0.39 is 0 Å². The average Bonchev–Trinajstić information content (AvgIpc) is 2.97. The lowest BCUT2D eigenvalue weighted by atomic mass is 10.0. The van der Waals surface area contributed by atoms with Gasteiger partial charge >= 0.3 is 0 Å². The molecule has 5 heteroatoms. The predicted octanol–water partition coefficient (Wildman–Crippen LogP) is 3.91. The largest absolute Gasteiger partial charge is 0.355 e. The first kappa shape index (κ1) is 19.8. The lowest BCUT2D eigenvalue weighted by molar-refractivity contribution is -0.120. The van der Waals surface area contributed by atoms with Crippen LogP contribution in [0.3, 0.4) is 0 Å². The maximum absolute atomic E-state index is 12.3. The summed E-state index contributed by atoms with van der Waals surface area (Å²) in [4.78, 5) is 16.6. The third-order valence-electron chi connectivity index (χ3n) is 5.02. The molecule has 0 bridgehead atoms. The minimum atomic E-state index is 0.0460. The van der Waals surface area contributed by atoms with E-state index >= 15 is 0 Å². The molecule has 2 aromatic heterocycles. The first-order chi connectivity index (χ1) is 13.5. The van der Waals surface area contributed by atoms with Crippen LogP contribution in [0.15, 0.2) is 48.7 Å². The fraction of sp³-hybridized carbons (Fsp3) is 0.348. The van der Waals surface area contributed by atoms with E-state index in [9.17, 15) is 4.79 Å². The van der Waals surface area contributed by atoms with Gasteiger partial charge in [-0.05, 0) is 55.0 Å². The maximum Gasteiger partial charge on any atom is 0.224 e. The highest BCUT2D eigenvalue weighted by atomic mass is 16.1.